The largest absolute Gasteiger partial charge is 1.00 e. The van der Waals surface area contributed by atoms with Gasteiger partial charge in [0.1, 0.15) is 0 Å². The van der Waals surface area contributed by atoms with Crippen LogP contribution >= 0.6 is 12.6 Å². The number of halogens is 1. The van der Waals surface area contributed by atoms with Crippen molar-refractivity contribution in [3.63, 3.8) is 0 Å². The Morgan fingerprint density at radius 1 is 0.565 bits per heavy atom. The average Bonchev–Trinajstić information content (AvgIpc) is 2.52. The van der Waals surface area contributed by atoms with Gasteiger partial charge in [0, 0.05) is 6.42 Å². The van der Waals surface area contributed by atoms with E-state index in [2.05, 4.69) is 33.5 Å². The number of rotatable bonds is 17. The summed E-state index contributed by atoms with van der Waals surface area (Å²) in [5, 5.41) is 0. The van der Waals surface area contributed by atoms with Gasteiger partial charge in [-0.1, -0.05) is 65.2 Å². The summed E-state index contributed by atoms with van der Waals surface area (Å²) in [6.45, 7) is 8.69. The molecule has 0 aromatic heterocycles. The summed E-state index contributed by atoms with van der Waals surface area (Å²) in [4.78, 5) is 0. The highest BCUT2D eigenvalue weighted by Gasteiger charge is 2.19. The van der Waals surface area contributed by atoms with Crippen LogP contribution in [0.15, 0.2) is 0 Å². The van der Waals surface area contributed by atoms with Gasteiger partial charge in [0.15, 0.2) is 0 Å². The fraction of sp³-hybridized carbons (Fsp3) is 1.00. The van der Waals surface area contributed by atoms with Gasteiger partial charge < -0.3 is 21.5 Å². The smallest absolute Gasteiger partial charge is 0.0792 e. The molecule has 0 aliphatic rings. The summed E-state index contributed by atoms with van der Waals surface area (Å²) < 4.78 is 1.29. The summed E-state index contributed by atoms with van der Waals surface area (Å²) >= 11 is 4.42. The van der Waals surface area contributed by atoms with Crippen LogP contribution in [0, 0.1) is 0 Å². The maximum atomic E-state index is 4.42. The highest BCUT2D eigenvalue weighted by Crippen LogP contribution is 2.14. The number of thiol groups is 1. The highest BCUT2D eigenvalue weighted by atomic mass is 79.9. The molecule has 0 fully saturated rings. The minimum atomic E-state index is 0. The van der Waals surface area contributed by atoms with Crippen LogP contribution in [-0.4, -0.2) is 36.9 Å². The Bertz CT molecular complexity index is 208. The molecule has 0 spiro atoms. The molecule has 0 aromatic carbocycles. The van der Waals surface area contributed by atoms with Crippen molar-refractivity contribution in [2.24, 2.45) is 0 Å². The van der Waals surface area contributed by atoms with Gasteiger partial charge in [-0.25, -0.2) is 0 Å². The van der Waals surface area contributed by atoms with Crippen LogP contribution in [0.3, 0.4) is 0 Å². The maximum absolute atomic E-state index is 4.42. The standard InChI is InChI=1S/C20H43NS.BrH/c1-4-6-8-10-12-14-17-21(3,19-16-20-22)18-15-13-11-9-7-5-2;/h4-20H2,1-3H3;1H. The van der Waals surface area contributed by atoms with Gasteiger partial charge >= 0.3 is 0 Å². The van der Waals surface area contributed by atoms with Gasteiger partial charge in [-0.3, -0.25) is 0 Å². The second-order valence-corrected chi connectivity index (χ2v) is 7.85. The summed E-state index contributed by atoms with van der Waals surface area (Å²) in [7, 11) is 2.49. The van der Waals surface area contributed by atoms with Gasteiger partial charge in [0.25, 0.3) is 0 Å². The molecule has 0 saturated heterocycles. The first-order chi connectivity index (χ1) is 10.7. The molecule has 0 bridgehead atoms. The number of hydrogen-bond donors (Lipinski definition) is 1. The second-order valence-electron chi connectivity index (χ2n) is 7.40. The SMILES string of the molecule is CCCCCCCC[N+](C)(CCCS)CCCCCCCC.[Br-]. The van der Waals surface area contributed by atoms with Gasteiger partial charge in [-0.05, 0) is 31.4 Å². The number of hydrogen-bond acceptors (Lipinski definition) is 1. The Balaban J connectivity index is 0. The molecule has 1 nitrogen and oxygen atoms in total. The fourth-order valence-corrected chi connectivity index (χ4v) is 3.48. The number of quaternary nitrogens is 1. The quantitative estimate of drug-likeness (QED) is 0.212. The number of unbranched alkanes of at least 4 members (excludes halogenated alkanes) is 10. The Kier molecular flexibility index (Phi) is 21.6. The molecule has 0 radical (unpaired) electrons. The third kappa shape index (κ3) is 17.4. The van der Waals surface area contributed by atoms with Gasteiger partial charge in [0.2, 0.25) is 0 Å². The lowest BCUT2D eigenvalue weighted by Gasteiger charge is -2.35. The highest BCUT2D eigenvalue weighted by molar-refractivity contribution is 7.80. The molecule has 0 unspecified atom stereocenters. The molecular formula is C20H44BrNS. The molecule has 0 N–H and O–H groups in total. The minimum absolute atomic E-state index is 0. The first kappa shape index (κ1) is 26.0. The molecule has 0 aromatic rings. The summed E-state index contributed by atoms with van der Waals surface area (Å²) in [5.74, 6) is 1.04. The summed E-state index contributed by atoms with van der Waals surface area (Å²) in [6, 6.07) is 0. The van der Waals surface area contributed by atoms with Crippen LogP contribution in [0.5, 0.6) is 0 Å². The zero-order chi connectivity index (χ0) is 16.5. The zero-order valence-electron chi connectivity index (χ0n) is 16.3. The lowest BCUT2D eigenvalue weighted by molar-refractivity contribution is -0.910. The van der Waals surface area contributed by atoms with Crippen LogP contribution in [0.4, 0.5) is 0 Å². The van der Waals surface area contributed by atoms with E-state index in [0.717, 1.165) is 5.75 Å². The van der Waals surface area contributed by atoms with E-state index < -0.39 is 0 Å². The van der Waals surface area contributed by atoms with Gasteiger partial charge in [-0.15, -0.1) is 0 Å². The lowest BCUT2D eigenvalue weighted by Crippen LogP contribution is -3.00. The Morgan fingerprint density at radius 3 is 1.30 bits per heavy atom. The van der Waals surface area contributed by atoms with Crippen molar-refractivity contribution in [2.45, 2.75) is 97.3 Å². The van der Waals surface area contributed by atoms with E-state index in [9.17, 15) is 0 Å². The molecule has 0 saturated carbocycles. The van der Waals surface area contributed by atoms with E-state index in [-0.39, 0.29) is 17.0 Å². The van der Waals surface area contributed by atoms with E-state index in [4.69, 9.17) is 0 Å². The Hall–Kier alpha value is 0.790. The van der Waals surface area contributed by atoms with Gasteiger partial charge in [-0.2, -0.15) is 12.6 Å². The van der Waals surface area contributed by atoms with Crippen LogP contribution in [-0.2, 0) is 0 Å². The topological polar surface area (TPSA) is 0 Å². The molecule has 0 aliphatic carbocycles. The third-order valence-electron chi connectivity index (χ3n) is 4.96. The normalized spacial score (nSPS) is 11.5. The summed E-state index contributed by atoms with van der Waals surface area (Å²) in [6.07, 6.45) is 18.3. The molecular weight excluding hydrogens is 366 g/mol. The van der Waals surface area contributed by atoms with Gasteiger partial charge in [0.05, 0.1) is 26.7 Å². The molecule has 0 rings (SSSR count). The van der Waals surface area contributed by atoms with Crippen LogP contribution in [0.1, 0.15) is 97.3 Å². The average molecular weight is 411 g/mol. The lowest BCUT2D eigenvalue weighted by atomic mass is 10.1. The van der Waals surface area contributed by atoms with Crippen molar-refractivity contribution >= 4 is 12.6 Å². The molecule has 142 valence electrons. The Labute approximate surface area is 163 Å². The number of nitrogens with zero attached hydrogens (tertiary/aromatic N) is 1. The molecule has 0 heterocycles. The predicted molar refractivity (Wildman–Crippen MR) is 106 cm³/mol. The second kappa shape index (κ2) is 19.1. The molecule has 3 heteroatoms. The van der Waals surface area contributed by atoms with E-state index in [1.807, 2.05) is 0 Å². The third-order valence-corrected chi connectivity index (χ3v) is 5.28. The first-order valence-electron chi connectivity index (χ1n) is 10.1. The van der Waals surface area contributed by atoms with Crippen molar-refractivity contribution in [3.05, 3.63) is 0 Å². The van der Waals surface area contributed by atoms with Crippen molar-refractivity contribution in [1.29, 1.82) is 0 Å². The Morgan fingerprint density at radius 2 is 0.913 bits per heavy atom. The summed E-state index contributed by atoms with van der Waals surface area (Å²) in [5.41, 5.74) is 0. The first-order valence-corrected chi connectivity index (χ1v) is 10.8. The molecule has 23 heavy (non-hydrogen) atoms. The van der Waals surface area contributed by atoms with Crippen molar-refractivity contribution in [3.8, 4) is 0 Å². The van der Waals surface area contributed by atoms with Crippen LogP contribution < -0.4 is 17.0 Å². The van der Waals surface area contributed by atoms with Crippen LogP contribution in [0.25, 0.3) is 0 Å². The zero-order valence-corrected chi connectivity index (χ0v) is 18.8. The fourth-order valence-electron chi connectivity index (χ4n) is 3.34. The molecule has 0 aliphatic heterocycles. The van der Waals surface area contributed by atoms with Crippen molar-refractivity contribution in [2.75, 3.05) is 32.4 Å². The predicted octanol–water partition coefficient (Wildman–Crippen LogP) is 3.48. The van der Waals surface area contributed by atoms with Crippen molar-refractivity contribution in [1.82, 2.24) is 0 Å². The maximum Gasteiger partial charge on any atom is 0.0792 e. The molecule has 0 amide bonds. The minimum Gasteiger partial charge on any atom is -1.00 e. The molecule has 0 atom stereocenters. The van der Waals surface area contributed by atoms with E-state index in [1.165, 1.54) is 108 Å². The van der Waals surface area contributed by atoms with E-state index in [1.54, 1.807) is 0 Å². The van der Waals surface area contributed by atoms with Crippen molar-refractivity contribution < 1.29 is 21.5 Å². The van der Waals surface area contributed by atoms with E-state index in [0.29, 0.717) is 0 Å². The van der Waals surface area contributed by atoms with Crippen LogP contribution in [0.2, 0.25) is 0 Å². The van der Waals surface area contributed by atoms with E-state index >= 15 is 0 Å². The monoisotopic (exact) mass is 409 g/mol.